The molecular weight excluding hydrogens is 346 g/mol. The molecule has 136 valence electrons. The van der Waals surface area contributed by atoms with E-state index in [1.165, 1.54) is 4.90 Å². The van der Waals surface area contributed by atoms with Gasteiger partial charge in [0.25, 0.3) is 0 Å². The van der Waals surface area contributed by atoms with Crippen molar-refractivity contribution in [3.63, 3.8) is 0 Å². The van der Waals surface area contributed by atoms with Crippen molar-refractivity contribution in [3.8, 4) is 5.75 Å². The van der Waals surface area contributed by atoms with E-state index < -0.39 is 9.84 Å². The number of amides is 3. The number of carbonyl (C=O) groups excluding carboxylic acids is 2. The van der Waals surface area contributed by atoms with Crippen LogP contribution in [0.2, 0.25) is 0 Å². The van der Waals surface area contributed by atoms with Gasteiger partial charge in [-0.15, -0.1) is 0 Å². The topological polar surface area (TPSA) is 96.0 Å². The Bertz CT molecular complexity index is 762. The Morgan fingerprint density at radius 3 is 2.60 bits per heavy atom. The Kier molecular flexibility index (Phi) is 4.85. The smallest absolute Gasteiger partial charge is 0.325 e. The molecule has 3 rings (SSSR count). The average Bonchev–Trinajstić information content (AvgIpc) is 3.10. The quantitative estimate of drug-likeness (QED) is 0.804. The highest BCUT2D eigenvalue weighted by molar-refractivity contribution is 7.91. The van der Waals surface area contributed by atoms with Crippen molar-refractivity contribution in [2.75, 3.05) is 43.1 Å². The molecule has 8 nitrogen and oxygen atoms in total. The van der Waals surface area contributed by atoms with Gasteiger partial charge in [0.05, 0.1) is 18.6 Å². The lowest BCUT2D eigenvalue weighted by molar-refractivity contribution is -0.122. The molecule has 25 heavy (non-hydrogen) atoms. The summed E-state index contributed by atoms with van der Waals surface area (Å²) in [5, 5.41) is 2.70. The van der Waals surface area contributed by atoms with Gasteiger partial charge in [0.1, 0.15) is 12.3 Å². The number of sulfone groups is 1. The summed E-state index contributed by atoms with van der Waals surface area (Å²) in [5.74, 6) is 0.460. The first-order valence-electron chi connectivity index (χ1n) is 8.08. The van der Waals surface area contributed by atoms with Crippen LogP contribution in [0, 0.1) is 0 Å². The summed E-state index contributed by atoms with van der Waals surface area (Å²) < 4.78 is 28.0. The van der Waals surface area contributed by atoms with Gasteiger partial charge in [-0.25, -0.2) is 13.2 Å². The van der Waals surface area contributed by atoms with Crippen LogP contribution in [0.25, 0.3) is 0 Å². The van der Waals surface area contributed by atoms with Gasteiger partial charge < -0.3 is 15.0 Å². The largest absolute Gasteiger partial charge is 0.497 e. The number of benzene rings is 1. The highest BCUT2D eigenvalue weighted by Gasteiger charge is 2.33. The van der Waals surface area contributed by atoms with E-state index in [0.717, 1.165) is 5.69 Å². The minimum absolute atomic E-state index is 0.0232. The summed E-state index contributed by atoms with van der Waals surface area (Å²) in [4.78, 5) is 27.6. The lowest BCUT2D eigenvalue weighted by Crippen LogP contribution is -2.44. The number of hydrogen-bond donors (Lipinski definition) is 1. The predicted molar refractivity (Wildman–Crippen MR) is 92.5 cm³/mol. The van der Waals surface area contributed by atoms with E-state index in [-0.39, 0.29) is 36.0 Å². The van der Waals surface area contributed by atoms with Crippen LogP contribution in [-0.4, -0.2) is 69.5 Å². The van der Waals surface area contributed by atoms with Gasteiger partial charge in [-0.2, -0.15) is 0 Å². The van der Waals surface area contributed by atoms with Gasteiger partial charge in [0.15, 0.2) is 9.84 Å². The Morgan fingerprint density at radius 1 is 1.28 bits per heavy atom. The number of nitrogens with one attached hydrogen (secondary N) is 1. The third-order valence-corrected chi connectivity index (χ3v) is 6.18. The molecule has 1 atom stereocenters. The van der Waals surface area contributed by atoms with Crippen LogP contribution >= 0.6 is 0 Å². The molecular formula is C16H21N3O5S. The fraction of sp³-hybridized carbons (Fsp3) is 0.500. The van der Waals surface area contributed by atoms with E-state index in [9.17, 15) is 18.0 Å². The molecule has 0 aromatic heterocycles. The Morgan fingerprint density at radius 2 is 2.00 bits per heavy atom. The Balaban J connectivity index is 1.55. The van der Waals surface area contributed by atoms with Crippen LogP contribution in [0.5, 0.6) is 5.75 Å². The molecule has 0 saturated carbocycles. The van der Waals surface area contributed by atoms with Crippen molar-refractivity contribution in [3.05, 3.63) is 24.3 Å². The molecule has 2 heterocycles. The number of anilines is 1. The molecule has 2 saturated heterocycles. The zero-order valence-electron chi connectivity index (χ0n) is 14.0. The van der Waals surface area contributed by atoms with Gasteiger partial charge in [-0.05, 0) is 30.7 Å². The Hall–Kier alpha value is -2.29. The number of urea groups is 1. The van der Waals surface area contributed by atoms with Crippen molar-refractivity contribution in [1.29, 1.82) is 0 Å². The summed E-state index contributed by atoms with van der Waals surface area (Å²) in [6, 6.07) is 6.55. The van der Waals surface area contributed by atoms with Crippen LogP contribution in [0.4, 0.5) is 10.5 Å². The van der Waals surface area contributed by atoms with E-state index in [4.69, 9.17) is 4.74 Å². The summed E-state index contributed by atoms with van der Waals surface area (Å²) in [5.41, 5.74) is 0.746. The van der Waals surface area contributed by atoms with E-state index in [0.29, 0.717) is 25.3 Å². The van der Waals surface area contributed by atoms with Crippen molar-refractivity contribution in [2.45, 2.75) is 12.5 Å². The lowest BCUT2D eigenvalue weighted by atomic mass is 10.2. The molecule has 2 aliphatic rings. The minimum atomic E-state index is -3.04. The monoisotopic (exact) mass is 367 g/mol. The molecule has 9 heteroatoms. The fourth-order valence-electron chi connectivity index (χ4n) is 3.09. The number of nitrogens with zero attached hydrogens (tertiary/aromatic N) is 2. The maximum absolute atomic E-state index is 12.5. The number of methoxy groups -OCH3 is 1. The summed E-state index contributed by atoms with van der Waals surface area (Å²) in [6.45, 7) is 0.875. The van der Waals surface area contributed by atoms with Gasteiger partial charge in [-0.3, -0.25) is 9.69 Å². The zero-order valence-corrected chi connectivity index (χ0v) is 14.8. The van der Waals surface area contributed by atoms with Crippen molar-refractivity contribution in [1.82, 2.24) is 10.2 Å². The van der Waals surface area contributed by atoms with Crippen molar-refractivity contribution in [2.24, 2.45) is 0 Å². The molecule has 0 aliphatic carbocycles. The first kappa shape index (κ1) is 17.5. The number of hydrogen-bond acceptors (Lipinski definition) is 5. The van der Waals surface area contributed by atoms with Gasteiger partial charge >= 0.3 is 6.03 Å². The molecule has 3 amide bonds. The number of carbonyl (C=O) groups is 2. The summed E-state index contributed by atoms with van der Waals surface area (Å²) in [6.07, 6.45) is 0.431. The minimum Gasteiger partial charge on any atom is -0.497 e. The second kappa shape index (κ2) is 6.91. The molecule has 2 fully saturated rings. The van der Waals surface area contributed by atoms with Crippen molar-refractivity contribution < 1.29 is 22.7 Å². The van der Waals surface area contributed by atoms with E-state index >= 15 is 0 Å². The van der Waals surface area contributed by atoms with E-state index in [1.807, 2.05) is 0 Å². The average molecular weight is 367 g/mol. The van der Waals surface area contributed by atoms with Crippen LogP contribution in [0.15, 0.2) is 24.3 Å². The zero-order chi connectivity index (χ0) is 18.0. The second-order valence-electron chi connectivity index (χ2n) is 6.22. The lowest BCUT2D eigenvalue weighted by Gasteiger charge is -2.19. The maximum Gasteiger partial charge on any atom is 0.325 e. The van der Waals surface area contributed by atoms with Gasteiger partial charge in [-0.1, -0.05) is 0 Å². The first-order valence-corrected chi connectivity index (χ1v) is 9.90. The van der Waals surface area contributed by atoms with Gasteiger partial charge in [0.2, 0.25) is 5.91 Å². The highest BCUT2D eigenvalue weighted by Crippen LogP contribution is 2.23. The molecule has 2 aliphatic heterocycles. The third kappa shape index (κ3) is 4.04. The molecule has 0 bridgehead atoms. The molecule has 1 aromatic carbocycles. The molecule has 0 spiro atoms. The number of rotatable bonds is 5. The molecule has 1 N–H and O–H groups in total. The maximum atomic E-state index is 12.5. The number of ether oxygens (including phenoxy) is 1. The first-order chi connectivity index (χ1) is 11.9. The highest BCUT2D eigenvalue weighted by atomic mass is 32.2. The predicted octanol–water partition coefficient (Wildman–Crippen LogP) is 0.241. The summed E-state index contributed by atoms with van der Waals surface area (Å²) >= 11 is 0. The second-order valence-corrected chi connectivity index (χ2v) is 8.45. The SMILES string of the molecule is COc1ccc(N2CCN(CC(=O)NC3CCS(=O)(=O)C3)C2=O)cc1. The van der Waals surface area contributed by atoms with Crippen LogP contribution in [-0.2, 0) is 14.6 Å². The molecule has 1 unspecified atom stereocenters. The van der Waals surface area contributed by atoms with E-state index in [2.05, 4.69) is 5.32 Å². The summed E-state index contributed by atoms with van der Waals surface area (Å²) in [7, 11) is -1.47. The van der Waals surface area contributed by atoms with E-state index in [1.54, 1.807) is 36.3 Å². The van der Waals surface area contributed by atoms with Crippen LogP contribution in [0.3, 0.4) is 0 Å². The van der Waals surface area contributed by atoms with Crippen molar-refractivity contribution >= 4 is 27.5 Å². The fourth-order valence-corrected chi connectivity index (χ4v) is 4.76. The van der Waals surface area contributed by atoms with Crippen LogP contribution < -0.4 is 15.0 Å². The molecule has 0 radical (unpaired) electrons. The standard InChI is InChI=1S/C16H21N3O5S/c1-24-14-4-2-13(3-5-14)19-8-7-18(16(19)21)10-15(20)17-12-6-9-25(22,23)11-12/h2-5,12H,6-11H2,1H3,(H,17,20). The van der Waals surface area contributed by atoms with Gasteiger partial charge in [0, 0.05) is 24.8 Å². The molecule has 1 aromatic rings. The normalized spacial score (nSPS) is 22.3. The van der Waals surface area contributed by atoms with Crippen LogP contribution in [0.1, 0.15) is 6.42 Å². The third-order valence-electron chi connectivity index (χ3n) is 4.41. The Labute approximate surface area is 146 Å².